The monoisotopic (exact) mass is 180 g/mol. The van der Waals surface area contributed by atoms with Gasteiger partial charge in [-0.1, -0.05) is 26.3 Å². The molecule has 13 heavy (non-hydrogen) atoms. The van der Waals surface area contributed by atoms with Crippen LogP contribution < -0.4 is 0 Å². The lowest BCUT2D eigenvalue weighted by atomic mass is 9.89. The molecule has 0 radical (unpaired) electrons. The molecule has 0 spiro atoms. The van der Waals surface area contributed by atoms with Crippen molar-refractivity contribution < 1.29 is 9.53 Å². The summed E-state index contributed by atoms with van der Waals surface area (Å²) in [6, 6.07) is 0. The average molecular weight is 180 g/mol. The Morgan fingerprint density at radius 3 is 2.46 bits per heavy atom. The van der Waals surface area contributed by atoms with Crippen molar-refractivity contribution in [2.45, 2.75) is 38.7 Å². The summed E-state index contributed by atoms with van der Waals surface area (Å²) < 4.78 is 5.33. The first kappa shape index (κ1) is 8.79. The minimum Gasteiger partial charge on any atom is -0.458 e. The van der Waals surface area contributed by atoms with Gasteiger partial charge in [0, 0.05) is 11.5 Å². The quantitative estimate of drug-likeness (QED) is 0.457. The average Bonchev–Trinajstić information content (AvgIpc) is 2.70. The van der Waals surface area contributed by atoms with Crippen molar-refractivity contribution in [3.63, 3.8) is 0 Å². The van der Waals surface area contributed by atoms with E-state index in [1.807, 2.05) is 0 Å². The lowest BCUT2D eigenvalue weighted by molar-refractivity contribution is -0.141. The van der Waals surface area contributed by atoms with Gasteiger partial charge in [0.1, 0.15) is 6.10 Å². The maximum Gasteiger partial charge on any atom is 0.334 e. The number of hydrogen-bond donors (Lipinski definition) is 0. The third kappa shape index (κ3) is 1.38. The van der Waals surface area contributed by atoms with Crippen LogP contribution in [0.15, 0.2) is 12.2 Å². The molecule has 2 fully saturated rings. The van der Waals surface area contributed by atoms with E-state index in [2.05, 4.69) is 13.5 Å². The molecular formula is C11H16O2. The standard InChI is InChI=1S/C11H16O2/c1-7-8(2)11(12)13-10(7)9-5-3-4-6-9/h7,9-10H,2-6H2,1H3/t7-,10+/m0/s1. The number of carbonyl (C=O) groups excluding carboxylic acids is 1. The van der Waals surface area contributed by atoms with Crippen LogP contribution in [0.4, 0.5) is 0 Å². The van der Waals surface area contributed by atoms with Crippen LogP contribution in [0.5, 0.6) is 0 Å². The number of ether oxygens (including phenoxy) is 1. The third-order valence-corrected chi connectivity index (χ3v) is 3.41. The summed E-state index contributed by atoms with van der Waals surface area (Å²) >= 11 is 0. The molecule has 0 aromatic rings. The molecule has 0 amide bonds. The van der Waals surface area contributed by atoms with E-state index in [1.165, 1.54) is 25.7 Å². The highest BCUT2D eigenvalue weighted by Gasteiger charge is 2.40. The predicted molar refractivity (Wildman–Crippen MR) is 50.1 cm³/mol. The fourth-order valence-corrected chi connectivity index (χ4v) is 2.48. The van der Waals surface area contributed by atoms with Crippen molar-refractivity contribution in [2.75, 3.05) is 0 Å². The summed E-state index contributed by atoms with van der Waals surface area (Å²) in [6.07, 6.45) is 5.14. The molecule has 0 N–H and O–H groups in total. The Morgan fingerprint density at radius 2 is 2.00 bits per heavy atom. The Hall–Kier alpha value is -0.790. The van der Waals surface area contributed by atoms with E-state index >= 15 is 0 Å². The topological polar surface area (TPSA) is 26.3 Å². The molecule has 0 bridgehead atoms. The first-order valence-corrected chi connectivity index (χ1v) is 5.10. The minimum atomic E-state index is -0.176. The molecule has 1 heterocycles. The summed E-state index contributed by atoms with van der Waals surface area (Å²) in [4.78, 5) is 11.2. The van der Waals surface area contributed by atoms with Gasteiger partial charge in [-0.15, -0.1) is 0 Å². The molecule has 0 unspecified atom stereocenters. The van der Waals surface area contributed by atoms with Gasteiger partial charge in [-0.3, -0.25) is 0 Å². The van der Waals surface area contributed by atoms with E-state index in [1.54, 1.807) is 0 Å². The molecule has 1 saturated carbocycles. The highest BCUT2D eigenvalue weighted by molar-refractivity contribution is 5.90. The maximum atomic E-state index is 11.2. The molecule has 0 aromatic carbocycles. The Morgan fingerprint density at radius 1 is 1.38 bits per heavy atom. The molecule has 2 nitrogen and oxygen atoms in total. The van der Waals surface area contributed by atoms with Crippen molar-refractivity contribution in [1.82, 2.24) is 0 Å². The second-order valence-electron chi connectivity index (χ2n) is 4.23. The Bertz CT molecular complexity index is 238. The van der Waals surface area contributed by atoms with Gasteiger partial charge in [0.2, 0.25) is 0 Å². The van der Waals surface area contributed by atoms with Crippen LogP contribution in [0.3, 0.4) is 0 Å². The van der Waals surface area contributed by atoms with Crippen molar-refractivity contribution in [2.24, 2.45) is 11.8 Å². The summed E-state index contributed by atoms with van der Waals surface area (Å²) in [5, 5.41) is 0. The fourth-order valence-electron chi connectivity index (χ4n) is 2.48. The normalized spacial score (nSPS) is 35.5. The zero-order chi connectivity index (χ0) is 9.42. The number of carbonyl (C=O) groups is 1. The van der Waals surface area contributed by atoms with Crippen LogP contribution in [0.2, 0.25) is 0 Å². The first-order valence-electron chi connectivity index (χ1n) is 5.10. The second kappa shape index (κ2) is 3.17. The van der Waals surface area contributed by atoms with Gasteiger partial charge in [-0.25, -0.2) is 4.79 Å². The maximum absolute atomic E-state index is 11.2. The van der Waals surface area contributed by atoms with Gasteiger partial charge in [0.15, 0.2) is 0 Å². The summed E-state index contributed by atoms with van der Waals surface area (Å²) in [6.45, 7) is 5.82. The molecule has 0 aromatic heterocycles. The number of cyclic esters (lactones) is 1. The molecule has 2 heteroatoms. The second-order valence-corrected chi connectivity index (χ2v) is 4.23. The molecule has 1 aliphatic heterocycles. The molecule has 1 aliphatic carbocycles. The van der Waals surface area contributed by atoms with Crippen molar-refractivity contribution in [3.05, 3.63) is 12.2 Å². The van der Waals surface area contributed by atoms with E-state index in [0.717, 1.165) is 0 Å². The highest BCUT2D eigenvalue weighted by atomic mass is 16.6. The van der Waals surface area contributed by atoms with Gasteiger partial charge in [0.25, 0.3) is 0 Å². The zero-order valence-corrected chi connectivity index (χ0v) is 8.08. The smallest absolute Gasteiger partial charge is 0.334 e. The van der Waals surface area contributed by atoms with Crippen LogP contribution in [-0.4, -0.2) is 12.1 Å². The molecule has 2 aliphatic rings. The summed E-state index contributed by atoms with van der Waals surface area (Å²) in [5.74, 6) is 0.651. The molecule has 2 rings (SSSR count). The van der Waals surface area contributed by atoms with Crippen LogP contribution in [-0.2, 0) is 9.53 Å². The number of esters is 1. The van der Waals surface area contributed by atoms with Gasteiger partial charge < -0.3 is 4.74 Å². The van der Waals surface area contributed by atoms with E-state index in [4.69, 9.17) is 4.74 Å². The summed E-state index contributed by atoms with van der Waals surface area (Å²) in [7, 11) is 0. The van der Waals surface area contributed by atoms with Crippen LogP contribution in [0.25, 0.3) is 0 Å². The van der Waals surface area contributed by atoms with E-state index in [9.17, 15) is 4.79 Å². The predicted octanol–water partition coefficient (Wildman–Crippen LogP) is 2.29. The minimum absolute atomic E-state index is 0.127. The van der Waals surface area contributed by atoms with E-state index in [0.29, 0.717) is 11.5 Å². The SMILES string of the molecule is C=C1C(=O)O[C@@H](C2CCCC2)[C@H]1C. The zero-order valence-electron chi connectivity index (χ0n) is 8.08. The van der Waals surface area contributed by atoms with Crippen LogP contribution in [0, 0.1) is 11.8 Å². The van der Waals surface area contributed by atoms with Gasteiger partial charge >= 0.3 is 5.97 Å². The lowest BCUT2D eigenvalue weighted by Crippen LogP contribution is -2.23. The van der Waals surface area contributed by atoms with Gasteiger partial charge in [0.05, 0.1) is 0 Å². The molecule has 2 atom stereocenters. The highest BCUT2D eigenvalue weighted by Crippen LogP contribution is 2.38. The Kier molecular flexibility index (Phi) is 2.14. The van der Waals surface area contributed by atoms with Gasteiger partial charge in [-0.05, 0) is 18.8 Å². The molecular weight excluding hydrogens is 164 g/mol. The van der Waals surface area contributed by atoms with Crippen LogP contribution in [0.1, 0.15) is 32.6 Å². The fraction of sp³-hybridized carbons (Fsp3) is 0.727. The Labute approximate surface area is 79.0 Å². The largest absolute Gasteiger partial charge is 0.458 e. The number of rotatable bonds is 1. The number of hydrogen-bond acceptors (Lipinski definition) is 2. The third-order valence-electron chi connectivity index (χ3n) is 3.41. The lowest BCUT2D eigenvalue weighted by Gasteiger charge is -2.20. The van der Waals surface area contributed by atoms with Crippen molar-refractivity contribution in [3.8, 4) is 0 Å². The molecule has 72 valence electrons. The summed E-state index contributed by atoms with van der Waals surface area (Å²) in [5.41, 5.74) is 0.664. The Balaban J connectivity index is 2.08. The van der Waals surface area contributed by atoms with E-state index in [-0.39, 0.29) is 18.0 Å². The van der Waals surface area contributed by atoms with E-state index < -0.39 is 0 Å². The van der Waals surface area contributed by atoms with Gasteiger partial charge in [-0.2, -0.15) is 0 Å². The van der Waals surface area contributed by atoms with Crippen LogP contribution >= 0.6 is 0 Å². The van der Waals surface area contributed by atoms with Crippen molar-refractivity contribution in [1.29, 1.82) is 0 Å². The van der Waals surface area contributed by atoms with Crippen molar-refractivity contribution >= 4 is 5.97 Å². The first-order chi connectivity index (χ1) is 6.20. The molecule has 1 saturated heterocycles.